The molecule has 1 atom stereocenters. The third-order valence-electron chi connectivity index (χ3n) is 8.59. The first-order chi connectivity index (χ1) is 21.4. The van der Waals surface area contributed by atoms with Crippen molar-refractivity contribution in [2.45, 2.75) is 97.5 Å². The van der Waals surface area contributed by atoms with Crippen molar-refractivity contribution in [3.8, 4) is 23.0 Å². The van der Waals surface area contributed by atoms with Crippen LogP contribution in [0.15, 0.2) is 60.7 Å². The van der Waals surface area contributed by atoms with Gasteiger partial charge in [0.15, 0.2) is 11.9 Å². The molecule has 3 N–H and O–H groups in total. The van der Waals surface area contributed by atoms with Gasteiger partial charge in [0.25, 0.3) is 5.91 Å². The number of methoxy groups -OCH3 is 1. The molecule has 244 valence electrons. The molecule has 0 aliphatic heterocycles. The second-order valence-electron chi connectivity index (χ2n) is 12.6. The number of carbonyl (C=O) groups excluding carboxylic acids is 2. The van der Waals surface area contributed by atoms with Crippen molar-refractivity contribution in [3.63, 3.8) is 0 Å². The van der Waals surface area contributed by atoms with Crippen LogP contribution in [-0.2, 0) is 20.4 Å². The van der Waals surface area contributed by atoms with Gasteiger partial charge < -0.3 is 30.0 Å². The lowest BCUT2D eigenvalue weighted by molar-refractivity contribution is -0.123. The lowest BCUT2D eigenvalue weighted by Gasteiger charge is -2.31. The van der Waals surface area contributed by atoms with Crippen molar-refractivity contribution in [1.82, 2.24) is 0 Å². The second kappa shape index (κ2) is 15.8. The van der Waals surface area contributed by atoms with E-state index >= 15 is 0 Å². The van der Waals surface area contributed by atoms with Crippen molar-refractivity contribution in [2.24, 2.45) is 0 Å². The van der Waals surface area contributed by atoms with Gasteiger partial charge >= 0.3 is 0 Å². The standard InChI is InChI=1S/C37H50N2O6/c1-9-12-13-32(45-31-21-14-25(36(4,5)10-2)22-29(31)37(6,7)11-3)35(42)39-30-20-15-26(38-34(41)24-40)23-33(30)44-28-18-16-27(43-8)17-19-28/h14-23,32,40H,9-13,24H2,1-8H3,(H,38,41)(H,39,42). The van der Waals surface area contributed by atoms with Gasteiger partial charge in [-0.25, -0.2) is 0 Å². The van der Waals surface area contributed by atoms with E-state index in [1.165, 1.54) is 5.56 Å². The minimum absolute atomic E-state index is 0.0131. The molecule has 0 aliphatic carbocycles. The summed E-state index contributed by atoms with van der Waals surface area (Å²) in [6, 6.07) is 18.3. The molecule has 0 heterocycles. The van der Waals surface area contributed by atoms with Gasteiger partial charge in [0.1, 0.15) is 23.9 Å². The number of aliphatic hydroxyl groups is 1. The number of unbranched alkanes of at least 4 members (excludes halogenated alkanes) is 1. The summed E-state index contributed by atoms with van der Waals surface area (Å²) >= 11 is 0. The monoisotopic (exact) mass is 618 g/mol. The molecule has 8 nitrogen and oxygen atoms in total. The molecular weight excluding hydrogens is 568 g/mol. The average molecular weight is 619 g/mol. The number of ether oxygens (including phenoxy) is 3. The largest absolute Gasteiger partial charge is 0.497 e. The van der Waals surface area contributed by atoms with Gasteiger partial charge in [-0.1, -0.05) is 67.0 Å². The third kappa shape index (κ3) is 9.47. The zero-order valence-electron chi connectivity index (χ0n) is 28.1. The Labute approximate surface area is 268 Å². The molecule has 0 radical (unpaired) electrons. The summed E-state index contributed by atoms with van der Waals surface area (Å²) in [6.07, 6.45) is 3.43. The summed E-state index contributed by atoms with van der Waals surface area (Å²) in [4.78, 5) is 25.8. The molecule has 3 aromatic carbocycles. The number of benzene rings is 3. The Kier molecular flexibility index (Phi) is 12.4. The molecule has 2 amide bonds. The molecule has 0 saturated heterocycles. The zero-order chi connectivity index (χ0) is 33.2. The molecular formula is C37H50N2O6. The summed E-state index contributed by atoms with van der Waals surface area (Å²) in [5.74, 6) is 1.36. The van der Waals surface area contributed by atoms with Crippen molar-refractivity contribution >= 4 is 23.2 Å². The number of hydrogen-bond donors (Lipinski definition) is 3. The number of aliphatic hydroxyl groups excluding tert-OH is 1. The normalized spacial score (nSPS) is 12.3. The van der Waals surface area contributed by atoms with Crippen LogP contribution in [0.4, 0.5) is 11.4 Å². The first-order valence-corrected chi connectivity index (χ1v) is 15.9. The lowest BCUT2D eigenvalue weighted by atomic mass is 9.76. The third-order valence-corrected chi connectivity index (χ3v) is 8.59. The molecule has 1 unspecified atom stereocenters. The first-order valence-electron chi connectivity index (χ1n) is 15.9. The number of rotatable bonds is 16. The number of hydrogen-bond acceptors (Lipinski definition) is 6. The summed E-state index contributed by atoms with van der Waals surface area (Å²) < 4.78 is 18.0. The summed E-state index contributed by atoms with van der Waals surface area (Å²) in [5.41, 5.74) is 3.02. The van der Waals surface area contributed by atoms with Crippen molar-refractivity contribution in [1.29, 1.82) is 0 Å². The van der Waals surface area contributed by atoms with Crippen LogP contribution in [-0.4, -0.2) is 36.7 Å². The Balaban J connectivity index is 1.97. The fraction of sp³-hybridized carbons (Fsp3) is 0.459. The van der Waals surface area contributed by atoms with Gasteiger partial charge in [-0.3, -0.25) is 9.59 Å². The zero-order valence-corrected chi connectivity index (χ0v) is 28.1. The Hall–Kier alpha value is -4.04. The number of carbonyl (C=O) groups is 2. The molecule has 3 aromatic rings. The highest BCUT2D eigenvalue weighted by molar-refractivity contribution is 5.97. The van der Waals surface area contributed by atoms with Crippen molar-refractivity contribution in [2.75, 3.05) is 24.4 Å². The Bertz CT molecular complexity index is 1430. The van der Waals surface area contributed by atoms with Gasteiger partial charge in [-0.15, -0.1) is 0 Å². The summed E-state index contributed by atoms with van der Waals surface area (Å²) in [6.45, 7) is 14.7. The van der Waals surface area contributed by atoms with Gasteiger partial charge in [-0.05, 0) is 84.5 Å². The van der Waals surface area contributed by atoms with Crippen LogP contribution < -0.4 is 24.8 Å². The van der Waals surface area contributed by atoms with E-state index < -0.39 is 18.6 Å². The van der Waals surface area contributed by atoms with Crippen LogP contribution in [0.1, 0.15) is 91.7 Å². The average Bonchev–Trinajstić information content (AvgIpc) is 3.04. The second-order valence-corrected chi connectivity index (χ2v) is 12.6. The molecule has 45 heavy (non-hydrogen) atoms. The van der Waals surface area contributed by atoms with Crippen molar-refractivity contribution in [3.05, 3.63) is 71.8 Å². The number of nitrogens with one attached hydrogen (secondary N) is 2. The SMILES string of the molecule is CCCCC(Oc1ccc(C(C)(C)CC)cc1C(C)(C)CC)C(=O)Nc1ccc(NC(=O)CO)cc1Oc1ccc(OC)cc1. The van der Waals surface area contributed by atoms with Crippen LogP contribution in [0.3, 0.4) is 0 Å². The molecule has 8 heteroatoms. The van der Waals surface area contributed by atoms with Crippen LogP contribution >= 0.6 is 0 Å². The Morgan fingerprint density at radius 2 is 1.49 bits per heavy atom. The van der Waals surface area contributed by atoms with Gasteiger partial charge in [-0.2, -0.15) is 0 Å². The minimum Gasteiger partial charge on any atom is -0.497 e. The van der Waals surface area contributed by atoms with E-state index in [0.29, 0.717) is 40.8 Å². The predicted octanol–water partition coefficient (Wildman–Crippen LogP) is 8.37. The van der Waals surface area contributed by atoms with Gasteiger partial charge in [0.2, 0.25) is 5.91 Å². The fourth-order valence-electron chi connectivity index (χ4n) is 4.74. The Morgan fingerprint density at radius 1 is 0.822 bits per heavy atom. The van der Waals surface area contributed by atoms with E-state index in [1.54, 1.807) is 49.6 Å². The highest BCUT2D eigenvalue weighted by Crippen LogP contribution is 2.39. The van der Waals surface area contributed by atoms with Crippen LogP contribution in [0, 0.1) is 0 Å². The molecule has 0 saturated carbocycles. The number of amides is 2. The van der Waals surface area contributed by atoms with E-state index in [4.69, 9.17) is 14.2 Å². The highest BCUT2D eigenvalue weighted by atomic mass is 16.5. The minimum atomic E-state index is -0.746. The highest BCUT2D eigenvalue weighted by Gasteiger charge is 2.29. The number of anilines is 2. The molecule has 0 fully saturated rings. The van der Waals surface area contributed by atoms with E-state index in [9.17, 15) is 14.7 Å². The summed E-state index contributed by atoms with van der Waals surface area (Å²) in [7, 11) is 1.58. The molecule has 3 rings (SSSR count). The molecule has 0 bridgehead atoms. The predicted molar refractivity (Wildman–Crippen MR) is 181 cm³/mol. The van der Waals surface area contributed by atoms with E-state index in [-0.39, 0.29) is 16.7 Å². The fourth-order valence-corrected chi connectivity index (χ4v) is 4.74. The molecule has 0 aromatic heterocycles. The maximum Gasteiger partial charge on any atom is 0.265 e. The molecule has 0 aliphatic rings. The molecule has 0 spiro atoms. The van der Waals surface area contributed by atoms with Crippen LogP contribution in [0.25, 0.3) is 0 Å². The van der Waals surface area contributed by atoms with E-state index in [2.05, 4.69) is 71.2 Å². The van der Waals surface area contributed by atoms with Gasteiger partial charge in [0.05, 0.1) is 12.8 Å². The van der Waals surface area contributed by atoms with Gasteiger partial charge in [0, 0.05) is 17.3 Å². The maximum absolute atomic E-state index is 13.9. The van der Waals surface area contributed by atoms with E-state index in [1.807, 2.05) is 6.07 Å². The topological polar surface area (TPSA) is 106 Å². The summed E-state index contributed by atoms with van der Waals surface area (Å²) in [5, 5.41) is 14.8. The smallest absolute Gasteiger partial charge is 0.265 e. The quantitative estimate of drug-likeness (QED) is 0.149. The lowest BCUT2D eigenvalue weighted by Crippen LogP contribution is -2.34. The van der Waals surface area contributed by atoms with Crippen LogP contribution in [0.5, 0.6) is 23.0 Å². The van der Waals surface area contributed by atoms with E-state index in [0.717, 1.165) is 31.2 Å². The van der Waals surface area contributed by atoms with Crippen molar-refractivity contribution < 1.29 is 28.9 Å². The first kappa shape index (κ1) is 35.4. The van der Waals surface area contributed by atoms with Crippen LogP contribution in [0.2, 0.25) is 0 Å². The maximum atomic E-state index is 13.9. The Morgan fingerprint density at radius 3 is 2.09 bits per heavy atom.